The van der Waals surface area contributed by atoms with Gasteiger partial charge in [0.2, 0.25) is 0 Å². The van der Waals surface area contributed by atoms with Gasteiger partial charge in [-0.3, -0.25) is 10.1 Å². The molecule has 0 radical (unpaired) electrons. The molecule has 1 amide bonds. The summed E-state index contributed by atoms with van der Waals surface area (Å²) in [5.74, 6) is 0.535. The van der Waals surface area contributed by atoms with Gasteiger partial charge < -0.3 is 9.73 Å². The number of thiocarbonyl (C=S) groups is 1. The van der Waals surface area contributed by atoms with Crippen LogP contribution >= 0.6 is 12.2 Å². The minimum absolute atomic E-state index is 0.222. The van der Waals surface area contributed by atoms with Crippen LogP contribution < -0.4 is 10.6 Å². The van der Waals surface area contributed by atoms with Crippen LogP contribution in [0.5, 0.6) is 0 Å². The van der Waals surface area contributed by atoms with Crippen molar-refractivity contribution in [3.63, 3.8) is 0 Å². The van der Waals surface area contributed by atoms with Crippen LogP contribution in [-0.2, 0) is 6.54 Å². The summed E-state index contributed by atoms with van der Waals surface area (Å²) in [5.41, 5.74) is 1.62. The van der Waals surface area contributed by atoms with Crippen molar-refractivity contribution in [2.45, 2.75) is 13.5 Å². The van der Waals surface area contributed by atoms with Crippen LogP contribution in [0.1, 0.15) is 21.7 Å². The van der Waals surface area contributed by atoms with E-state index in [2.05, 4.69) is 10.6 Å². The molecule has 0 bridgehead atoms. The lowest BCUT2D eigenvalue weighted by atomic mass is 10.1. The molecule has 1 aromatic heterocycles. The van der Waals surface area contributed by atoms with Crippen molar-refractivity contribution in [3.05, 3.63) is 59.5 Å². The Balaban J connectivity index is 1.86. The van der Waals surface area contributed by atoms with Crippen LogP contribution in [-0.4, -0.2) is 11.0 Å². The zero-order valence-corrected chi connectivity index (χ0v) is 11.3. The molecule has 0 aliphatic rings. The summed E-state index contributed by atoms with van der Waals surface area (Å²) >= 11 is 5.05. The van der Waals surface area contributed by atoms with Crippen molar-refractivity contribution >= 4 is 23.2 Å². The summed E-state index contributed by atoms with van der Waals surface area (Å²) in [6.07, 6.45) is 1.59. The van der Waals surface area contributed by atoms with E-state index >= 15 is 0 Å². The normalized spacial score (nSPS) is 9.95. The lowest BCUT2D eigenvalue weighted by molar-refractivity contribution is 0.0976. The van der Waals surface area contributed by atoms with Gasteiger partial charge in [-0.25, -0.2) is 0 Å². The Morgan fingerprint density at radius 1 is 1.32 bits per heavy atom. The number of amides is 1. The van der Waals surface area contributed by atoms with E-state index in [1.54, 1.807) is 18.4 Å². The van der Waals surface area contributed by atoms with E-state index in [1.807, 2.05) is 31.2 Å². The molecule has 19 heavy (non-hydrogen) atoms. The third-order valence-electron chi connectivity index (χ3n) is 2.51. The van der Waals surface area contributed by atoms with Gasteiger partial charge >= 0.3 is 0 Å². The third-order valence-corrected chi connectivity index (χ3v) is 2.76. The second kappa shape index (κ2) is 6.15. The third kappa shape index (κ3) is 3.93. The van der Waals surface area contributed by atoms with Crippen molar-refractivity contribution in [2.24, 2.45) is 0 Å². The minimum Gasteiger partial charge on any atom is -0.467 e. The molecule has 0 fully saturated rings. The van der Waals surface area contributed by atoms with Gasteiger partial charge in [-0.1, -0.05) is 17.7 Å². The first kappa shape index (κ1) is 13.3. The topological polar surface area (TPSA) is 54.3 Å². The smallest absolute Gasteiger partial charge is 0.257 e. The highest BCUT2D eigenvalue weighted by molar-refractivity contribution is 7.80. The number of benzene rings is 1. The van der Waals surface area contributed by atoms with Crippen molar-refractivity contribution in [2.75, 3.05) is 0 Å². The van der Waals surface area contributed by atoms with Crippen LogP contribution in [0.2, 0.25) is 0 Å². The molecule has 2 rings (SSSR count). The average molecular weight is 274 g/mol. The van der Waals surface area contributed by atoms with Crippen molar-refractivity contribution in [3.8, 4) is 0 Å². The SMILES string of the molecule is Cc1cccc(C(=O)NC(=S)NCc2ccco2)c1. The molecule has 1 aromatic carbocycles. The summed E-state index contributed by atoms with van der Waals surface area (Å²) in [6, 6.07) is 11.0. The van der Waals surface area contributed by atoms with E-state index in [0.29, 0.717) is 12.1 Å². The van der Waals surface area contributed by atoms with Gasteiger partial charge in [0.05, 0.1) is 12.8 Å². The van der Waals surface area contributed by atoms with Gasteiger partial charge in [-0.05, 0) is 43.4 Å². The van der Waals surface area contributed by atoms with E-state index < -0.39 is 0 Å². The molecule has 0 aliphatic heterocycles. The fourth-order valence-electron chi connectivity index (χ4n) is 1.59. The van der Waals surface area contributed by atoms with E-state index in [9.17, 15) is 4.79 Å². The number of hydrogen-bond acceptors (Lipinski definition) is 3. The van der Waals surface area contributed by atoms with E-state index in [0.717, 1.165) is 11.3 Å². The molecule has 0 unspecified atom stereocenters. The predicted molar refractivity (Wildman–Crippen MR) is 76.8 cm³/mol. The van der Waals surface area contributed by atoms with Crippen LogP contribution in [0.15, 0.2) is 47.1 Å². The zero-order chi connectivity index (χ0) is 13.7. The minimum atomic E-state index is -0.222. The Morgan fingerprint density at radius 2 is 2.16 bits per heavy atom. The maximum absolute atomic E-state index is 11.9. The quantitative estimate of drug-likeness (QED) is 0.844. The molecule has 98 valence electrons. The van der Waals surface area contributed by atoms with Crippen molar-refractivity contribution < 1.29 is 9.21 Å². The Morgan fingerprint density at radius 3 is 2.84 bits per heavy atom. The van der Waals surface area contributed by atoms with Gasteiger partial charge in [0.25, 0.3) is 5.91 Å². The summed E-state index contributed by atoms with van der Waals surface area (Å²) in [7, 11) is 0. The molecule has 4 nitrogen and oxygen atoms in total. The second-order valence-corrected chi connectivity index (χ2v) is 4.49. The van der Waals surface area contributed by atoms with Crippen molar-refractivity contribution in [1.29, 1.82) is 0 Å². The van der Waals surface area contributed by atoms with E-state index in [4.69, 9.17) is 16.6 Å². The molecule has 2 aromatic rings. The highest BCUT2D eigenvalue weighted by atomic mass is 32.1. The largest absolute Gasteiger partial charge is 0.467 e. The monoisotopic (exact) mass is 274 g/mol. The molecule has 2 N–H and O–H groups in total. The highest BCUT2D eigenvalue weighted by Crippen LogP contribution is 2.03. The van der Waals surface area contributed by atoms with Gasteiger partial charge in [0.15, 0.2) is 5.11 Å². The molecule has 0 aliphatic carbocycles. The first-order valence-corrected chi connectivity index (χ1v) is 6.24. The average Bonchev–Trinajstić information content (AvgIpc) is 2.89. The molecule has 0 saturated carbocycles. The molecule has 1 heterocycles. The lowest BCUT2D eigenvalue weighted by Gasteiger charge is -2.08. The van der Waals surface area contributed by atoms with E-state index in [1.165, 1.54) is 0 Å². The predicted octanol–water partition coefficient (Wildman–Crippen LogP) is 2.39. The molecular weight excluding hydrogens is 260 g/mol. The van der Waals surface area contributed by atoms with Crippen LogP contribution in [0.3, 0.4) is 0 Å². The Hall–Kier alpha value is -2.14. The zero-order valence-electron chi connectivity index (χ0n) is 10.5. The van der Waals surface area contributed by atoms with Gasteiger partial charge in [0.1, 0.15) is 5.76 Å². The highest BCUT2D eigenvalue weighted by Gasteiger charge is 2.07. The Labute approximate surface area is 116 Å². The van der Waals surface area contributed by atoms with Gasteiger partial charge in [0, 0.05) is 5.56 Å². The number of carbonyl (C=O) groups is 1. The van der Waals surface area contributed by atoms with Gasteiger partial charge in [-0.15, -0.1) is 0 Å². The first-order chi connectivity index (χ1) is 9.15. The number of furan rings is 1. The van der Waals surface area contributed by atoms with Crippen LogP contribution in [0.4, 0.5) is 0 Å². The number of hydrogen-bond donors (Lipinski definition) is 2. The second-order valence-electron chi connectivity index (χ2n) is 4.09. The lowest BCUT2D eigenvalue weighted by Crippen LogP contribution is -2.38. The van der Waals surface area contributed by atoms with Crippen LogP contribution in [0, 0.1) is 6.92 Å². The Kier molecular flexibility index (Phi) is 4.30. The first-order valence-electron chi connectivity index (χ1n) is 5.83. The number of aryl methyl sites for hydroxylation is 1. The van der Waals surface area contributed by atoms with Gasteiger partial charge in [-0.2, -0.15) is 0 Å². The summed E-state index contributed by atoms with van der Waals surface area (Å²) in [6.45, 7) is 2.38. The standard InChI is InChI=1S/C14H14N2O2S/c1-10-4-2-5-11(8-10)13(17)16-14(19)15-9-12-6-3-7-18-12/h2-8H,9H2,1H3,(H2,15,16,17,19). The molecule has 0 atom stereocenters. The molecule has 5 heteroatoms. The van der Waals surface area contributed by atoms with E-state index in [-0.39, 0.29) is 11.0 Å². The number of rotatable bonds is 3. The number of carbonyl (C=O) groups excluding carboxylic acids is 1. The summed E-state index contributed by atoms with van der Waals surface area (Å²) in [5, 5.41) is 5.81. The molecule has 0 saturated heterocycles. The fourth-order valence-corrected chi connectivity index (χ4v) is 1.75. The molecular formula is C14H14N2O2S. The Bertz CT molecular complexity index is 579. The number of nitrogens with one attached hydrogen (secondary N) is 2. The summed E-state index contributed by atoms with van der Waals surface area (Å²) < 4.78 is 5.15. The maximum Gasteiger partial charge on any atom is 0.257 e. The van der Waals surface area contributed by atoms with Crippen molar-refractivity contribution in [1.82, 2.24) is 10.6 Å². The summed E-state index contributed by atoms with van der Waals surface area (Å²) in [4.78, 5) is 11.9. The van der Waals surface area contributed by atoms with Crippen LogP contribution in [0.25, 0.3) is 0 Å². The molecule has 0 spiro atoms. The fraction of sp³-hybridized carbons (Fsp3) is 0.143. The maximum atomic E-state index is 11.9.